The lowest BCUT2D eigenvalue weighted by atomic mass is 9.80. The molecule has 0 saturated heterocycles. The maximum absolute atomic E-state index is 13.7. The number of carbonyl (C=O) groups is 1. The van der Waals surface area contributed by atoms with Crippen LogP contribution in [-0.2, 0) is 10.4 Å². The summed E-state index contributed by atoms with van der Waals surface area (Å²) in [5, 5.41) is 4.64. The highest BCUT2D eigenvalue weighted by Crippen LogP contribution is 2.40. The molecule has 0 unspecified atom stereocenters. The third-order valence-corrected chi connectivity index (χ3v) is 6.11. The van der Waals surface area contributed by atoms with E-state index in [1.807, 2.05) is 140 Å². The summed E-state index contributed by atoms with van der Waals surface area (Å²) in [5.74, 6) is -0.204. The van der Waals surface area contributed by atoms with Gasteiger partial charge in [0.15, 0.2) is 5.71 Å². The van der Waals surface area contributed by atoms with Gasteiger partial charge in [-0.25, -0.2) is 0 Å². The van der Waals surface area contributed by atoms with Crippen molar-refractivity contribution in [1.82, 2.24) is 0 Å². The van der Waals surface area contributed by atoms with Gasteiger partial charge in [-0.3, -0.25) is 4.79 Å². The number of carbonyl (C=O) groups excluding carboxylic acids is 1. The van der Waals surface area contributed by atoms with Crippen molar-refractivity contribution in [3.05, 3.63) is 179 Å². The van der Waals surface area contributed by atoms with Crippen molar-refractivity contribution in [3.8, 4) is 0 Å². The lowest BCUT2D eigenvalue weighted by molar-refractivity contribution is 0.0171. The molecule has 0 fully saturated rings. The molecule has 0 saturated carbocycles. The van der Waals surface area contributed by atoms with Gasteiger partial charge in [0.05, 0.1) is 0 Å². The maximum Gasteiger partial charge on any atom is 0.215 e. The Labute approximate surface area is 211 Å². The smallest absolute Gasteiger partial charge is 0.215 e. The number of ketones is 1. The van der Waals surface area contributed by atoms with E-state index in [9.17, 15) is 4.79 Å². The SMILES string of the molecule is O=C(C(=NOC(c1ccccc1)(c1ccccc1)c1ccccc1)c1ccccc1)c1ccccc1. The highest BCUT2D eigenvalue weighted by molar-refractivity contribution is 6.51. The molecule has 0 radical (unpaired) electrons. The lowest BCUT2D eigenvalue weighted by Crippen LogP contribution is -2.32. The van der Waals surface area contributed by atoms with E-state index in [2.05, 4.69) is 5.16 Å². The van der Waals surface area contributed by atoms with Crippen molar-refractivity contribution < 1.29 is 9.63 Å². The number of Topliss-reactive ketones (excluding diaryl/α,β-unsaturated/α-hetero) is 1. The normalized spacial score (nSPS) is 11.6. The first kappa shape index (κ1) is 23.0. The molecular formula is C33H25NO2. The van der Waals surface area contributed by atoms with E-state index in [0.29, 0.717) is 11.1 Å². The Hall–Kier alpha value is -4.76. The monoisotopic (exact) mass is 467 g/mol. The van der Waals surface area contributed by atoms with Crippen LogP contribution in [0.3, 0.4) is 0 Å². The molecule has 5 aromatic carbocycles. The average Bonchev–Trinajstić information content (AvgIpc) is 2.97. The third-order valence-electron chi connectivity index (χ3n) is 6.11. The van der Waals surface area contributed by atoms with Crippen LogP contribution in [0.25, 0.3) is 0 Å². The minimum Gasteiger partial charge on any atom is -0.374 e. The molecule has 5 rings (SSSR count). The van der Waals surface area contributed by atoms with Gasteiger partial charge in [0.25, 0.3) is 0 Å². The topological polar surface area (TPSA) is 38.7 Å². The van der Waals surface area contributed by atoms with Gasteiger partial charge in [-0.1, -0.05) is 157 Å². The molecule has 0 bridgehead atoms. The van der Waals surface area contributed by atoms with Crippen LogP contribution in [0, 0.1) is 0 Å². The standard InChI is InChI=1S/C33H25NO2/c35-32(27-18-8-2-9-19-27)31(26-16-6-1-7-17-26)34-36-33(28-20-10-3-11-21-28,29-22-12-4-13-23-29)30-24-14-5-15-25-30/h1-25H. The number of hydrogen-bond donors (Lipinski definition) is 0. The molecule has 0 heterocycles. The first-order valence-corrected chi connectivity index (χ1v) is 11.9. The van der Waals surface area contributed by atoms with E-state index in [1.54, 1.807) is 12.1 Å². The summed E-state index contributed by atoms with van der Waals surface area (Å²) < 4.78 is 0. The minimum absolute atomic E-state index is 0.204. The summed E-state index contributed by atoms with van der Waals surface area (Å²) in [6, 6.07) is 48.6. The summed E-state index contributed by atoms with van der Waals surface area (Å²) in [5.41, 5.74) is 3.14. The predicted octanol–water partition coefficient (Wildman–Crippen LogP) is 7.28. The Morgan fingerprint density at radius 1 is 0.472 bits per heavy atom. The Kier molecular flexibility index (Phi) is 6.81. The first-order valence-electron chi connectivity index (χ1n) is 11.9. The molecule has 0 N–H and O–H groups in total. The number of oxime groups is 1. The van der Waals surface area contributed by atoms with E-state index in [-0.39, 0.29) is 11.5 Å². The van der Waals surface area contributed by atoms with Gasteiger partial charge in [0, 0.05) is 27.8 Å². The molecule has 0 aliphatic heterocycles. The van der Waals surface area contributed by atoms with Gasteiger partial charge < -0.3 is 4.84 Å². The zero-order chi connectivity index (χ0) is 24.6. The Balaban J connectivity index is 1.73. The molecule has 0 aliphatic rings. The van der Waals surface area contributed by atoms with Crippen molar-refractivity contribution in [1.29, 1.82) is 0 Å². The van der Waals surface area contributed by atoms with Crippen molar-refractivity contribution in [2.75, 3.05) is 0 Å². The second kappa shape index (κ2) is 10.7. The van der Waals surface area contributed by atoms with Crippen LogP contribution in [0.1, 0.15) is 32.6 Å². The third kappa shape index (κ3) is 4.59. The Morgan fingerprint density at radius 2 is 0.806 bits per heavy atom. The highest BCUT2D eigenvalue weighted by atomic mass is 16.7. The zero-order valence-electron chi connectivity index (χ0n) is 19.7. The van der Waals surface area contributed by atoms with Crippen molar-refractivity contribution in [2.45, 2.75) is 5.60 Å². The van der Waals surface area contributed by atoms with Gasteiger partial charge in [0.1, 0.15) is 0 Å². The quantitative estimate of drug-likeness (QED) is 0.104. The van der Waals surface area contributed by atoms with Crippen molar-refractivity contribution in [2.24, 2.45) is 5.16 Å². The fourth-order valence-corrected chi connectivity index (χ4v) is 4.34. The number of hydrogen-bond acceptors (Lipinski definition) is 3. The second-order valence-electron chi connectivity index (χ2n) is 8.37. The molecule has 36 heavy (non-hydrogen) atoms. The molecule has 0 aliphatic carbocycles. The maximum atomic E-state index is 13.7. The van der Waals surface area contributed by atoms with Crippen molar-refractivity contribution >= 4 is 11.5 Å². The number of nitrogens with zero attached hydrogens (tertiary/aromatic N) is 1. The molecule has 5 aromatic rings. The molecule has 0 aromatic heterocycles. The summed E-state index contributed by atoms with van der Waals surface area (Å²) in [4.78, 5) is 20.3. The zero-order valence-corrected chi connectivity index (χ0v) is 19.7. The molecule has 0 amide bonds. The fourth-order valence-electron chi connectivity index (χ4n) is 4.34. The largest absolute Gasteiger partial charge is 0.374 e. The molecule has 0 atom stereocenters. The second-order valence-corrected chi connectivity index (χ2v) is 8.37. The molecular weight excluding hydrogens is 442 g/mol. The summed E-state index contributed by atoms with van der Waals surface area (Å²) in [6.45, 7) is 0. The number of rotatable bonds is 8. The predicted molar refractivity (Wildman–Crippen MR) is 144 cm³/mol. The Morgan fingerprint density at radius 3 is 1.19 bits per heavy atom. The van der Waals surface area contributed by atoms with Crippen LogP contribution in [-0.4, -0.2) is 11.5 Å². The van der Waals surface area contributed by atoms with Crippen LogP contribution < -0.4 is 0 Å². The van der Waals surface area contributed by atoms with E-state index < -0.39 is 5.60 Å². The van der Waals surface area contributed by atoms with E-state index in [4.69, 9.17) is 4.84 Å². The average molecular weight is 468 g/mol. The first-order chi connectivity index (χ1) is 17.8. The lowest BCUT2D eigenvalue weighted by Gasteiger charge is -2.33. The highest BCUT2D eigenvalue weighted by Gasteiger charge is 2.40. The Bertz CT molecular complexity index is 1340. The molecule has 3 heteroatoms. The number of benzene rings is 5. The summed E-state index contributed by atoms with van der Waals surface area (Å²) in [6.07, 6.45) is 0. The van der Waals surface area contributed by atoms with Crippen LogP contribution >= 0.6 is 0 Å². The van der Waals surface area contributed by atoms with E-state index in [1.165, 1.54) is 0 Å². The van der Waals surface area contributed by atoms with Crippen molar-refractivity contribution in [3.63, 3.8) is 0 Å². The van der Waals surface area contributed by atoms with Gasteiger partial charge in [-0.2, -0.15) is 0 Å². The van der Waals surface area contributed by atoms with Gasteiger partial charge >= 0.3 is 0 Å². The van der Waals surface area contributed by atoms with Gasteiger partial charge in [-0.15, -0.1) is 0 Å². The summed E-state index contributed by atoms with van der Waals surface area (Å²) in [7, 11) is 0. The molecule has 174 valence electrons. The summed E-state index contributed by atoms with van der Waals surface area (Å²) >= 11 is 0. The van der Waals surface area contributed by atoms with Crippen LogP contribution in [0.5, 0.6) is 0 Å². The minimum atomic E-state index is -1.07. The van der Waals surface area contributed by atoms with E-state index >= 15 is 0 Å². The molecule has 0 spiro atoms. The van der Waals surface area contributed by atoms with Crippen LogP contribution in [0.4, 0.5) is 0 Å². The molecule has 3 nitrogen and oxygen atoms in total. The van der Waals surface area contributed by atoms with Crippen LogP contribution in [0.2, 0.25) is 0 Å². The van der Waals surface area contributed by atoms with Gasteiger partial charge in [-0.05, 0) is 0 Å². The van der Waals surface area contributed by atoms with E-state index in [0.717, 1.165) is 16.7 Å². The van der Waals surface area contributed by atoms with Crippen LogP contribution in [0.15, 0.2) is 157 Å². The fraction of sp³-hybridized carbons (Fsp3) is 0.0303. The van der Waals surface area contributed by atoms with Gasteiger partial charge in [0.2, 0.25) is 11.4 Å².